The SMILES string of the molecule is O=C(O)c1ccccc1-c1[nH]c2ccccc2c1C(F)(F)F. The lowest BCUT2D eigenvalue weighted by Crippen LogP contribution is -2.08. The first kappa shape index (κ1) is 14.2. The van der Waals surface area contributed by atoms with E-state index in [0.717, 1.165) is 0 Å². The fraction of sp³-hybridized carbons (Fsp3) is 0.0625. The van der Waals surface area contributed by atoms with Gasteiger partial charge in [0, 0.05) is 16.5 Å². The Labute approximate surface area is 123 Å². The molecule has 0 bridgehead atoms. The molecule has 0 fully saturated rings. The van der Waals surface area contributed by atoms with E-state index in [4.69, 9.17) is 0 Å². The molecule has 22 heavy (non-hydrogen) atoms. The van der Waals surface area contributed by atoms with Gasteiger partial charge in [0.15, 0.2) is 0 Å². The van der Waals surface area contributed by atoms with Gasteiger partial charge in [-0.05, 0) is 12.1 Å². The van der Waals surface area contributed by atoms with Gasteiger partial charge in [-0.3, -0.25) is 0 Å². The molecule has 1 heterocycles. The van der Waals surface area contributed by atoms with Gasteiger partial charge in [0.05, 0.1) is 16.8 Å². The van der Waals surface area contributed by atoms with Gasteiger partial charge in [0.2, 0.25) is 0 Å². The summed E-state index contributed by atoms with van der Waals surface area (Å²) in [6, 6.07) is 11.6. The molecule has 2 N–H and O–H groups in total. The Hall–Kier alpha value is -2.76. The van der Waals surface area contributed by atoms with E-state index >= 15 is 0 Å². The van der Waals surface area contributed by atoms with E-state index < -0.39 is 17.7 Å². The standard InChI is InChI=1S/C16H10F3NO2/c17-16(18,19)13-11-7-3-4-8-12(11)20-14(13)9-5-1-2-6-10(9)15(21)22/h1-8,20H,(H,21,22). The van der Waals surface area contributed by atoms with Crippen LogP contribution in [0.4, 0.5) is 13.2 Å². The summed E-state index contributed by atoms with van der Waals surface area (Å²) < 4.78 is 40.4. The van der Waals surface area contributed by atoms with Crippen molar-refractivity contribution < 1.29 is 23.1 Å². The molecule has 0 atom stereocenters. The molecule has 6 heteroatoms. The third-order valence-corrected chi connectivity index (χ3v) is 3.42. The molecule has 2 aromatic carbocycles. The van der Waals surface area contributed by atoms with Crippen LogP contribution in [0.3, 0.4) is 0 Å². The van der Waals surface area contributed by atoms with Crippen molar-refractivity contribution in [2.24, 2.45) is 0 Å². The Morgan fingerprint density at radius 3 is 2.32 bits per heavy atom. The molecule has 112 valence electrons. The topological polar surface area (TPSA) is 53.1 Å². The molecular weight excluding hydrogens is 295 g/mol. The number of rotatable bonds is 2. The minimum Gasteiger partial charge on any atom is -0.478 e. The Kier molecular flexibility index (Phi) is 3.16. The molecule has 1 aromatic heterocycles. The van der Waals surface area contributed by atoms with Gasteiger partial charge in [-0.15, -0.1) is 0 Å². The molecule has 0 spiro atoms. The summed E-state index contributed by atoms with van der Waals surface area (Å²) in [5, 5.41) is 9.22. The molecule has 0 aliphatic rings. The van der Waals surface area contributed by atoms with Crippen LogP contribution in [0.2, 0.25) is 0 Å². The van der Waals surface area contributed by atoms with Crippen molar-refractivity contribution >= 4 is 16.9 Å². The van der Waals surface area contributed by atoms with Crippen molar-refractivity contribution in [1.82, 2.24) is 4.98 Å². The summed E-state index contributed by atoms with van der Waals surface area (Å²) in [4.78, 5) is 14.0. The maximum absolute atomic E-state index is 13.5. The first-order chi connectivity index (χ1) is 10.4. The van der Waals surface area contributed by atoms with E-state index in [1.54, 1.807) is 6.07 Å². The Morgan fingerprint density at radius 1 is 1.00 bits per heavy atom. The number of carboxylic acid groups (broad SMARTS) is 1. The number of para-hydroxylation sites is 1. The molecule has 0 saturated carbocycles. The minimum atomic E-state index is -4.60. The highest BCUT2D eigenvalue weighted by atomic mass is 19.4. The summed E-state index contributed by atoms with van der Waals surface area (Å²) in [5.41, 5.74) is -0.938. The number of aromatic amines is 1. The largest absolute Gasteiger partial charge is 0.478 e. The van der Waals surface area contributed by atoms with E-state index in [1.165, 1.54) is 42.5 Å². The van der Waals surface area contributed by atoms with Gasteiger partial charge in [0.25, 0.3) is 0 Å². The number of fused-ring (bicyclic) bond motifs is 1. The Bertz CT molecular complexity index is 865. The van der Waals surface area contributed by atoms with Crippen molar-refractivity contribution in [2.75, 3.05) is 0 Å². The van der Waals surface area contributed by atoms with Gasteiger partial charge in [-0.2, -0.15) is 13.2 Å². The van der Waals surface area contributed by atoms with Gasteiger partial charge in [0.1, 0.15) is 0 Å². The maximum Gasteiger partial charge on any atom is 0.419 e. The highest BCUT2D eigenvalue weighted by Crippen LogP contribution is 2.42. The second kappa shape index (κ2) is 4.91. The molecular formula is C16H10F3NO2. The molecule has 0 aliphatic heterocycles. The van der Waals surface area contributed by atoms with Crippen molar-refractivity contribution in [3.8, 4) is 11.3 Å². The number of aromatic carboxylic acids is 1. The van der Waals surface area contributed by atoms with Crippen LogP contribution in [0.25, 0.3) is 22.2 Å². The highest BCUT2D eigenvalue weighted by Gasteiger charge is 2.38. The average Bonchev–Trinajstić information content (AvgIpc) is 2.86. The van der Waals surface area contributed by atoms with Crippen LogP contribution in [0.5, 0.6) is 0 Å². The van der Waals surface area contributed by atoms with Crippen LogP contribution in [0.1, 0.15) is 15.9 Å². The van der Waals surface area contributed by atoms with Crippen molar-refractivity contribution in [3.05, 3.63) is 59.7 Å². The van der Waals surface area contributed by atoms with Crippen LogP contribution in [-0.4, -0.2) is 16.1 Å². The predicted octanol–water partition coefficient (Wildman–Crippen LogP) is 4.55. The summed E-state index contributed by atoms with van der Waals surface area (Å²) in [7, 11) is 0. The number of halogens is 3. The molecule has 3 nitrogen and oxygen atoms in total. The van der Waals surface area contributed by atoms with E-state index in [9.17, 15) is 23.1 Å². The van der Waals surface area contributed by atoms with Crippen molar-refractivity contribution in [2.45, 2.75) is 6.18 Å². The zero-order chi connectivity index (χ0) is 15.9. The Morgan fingerprint density at radius 2 is 1.64 bits per heavy atom. The summed E-state index contributed by atoms with van der Waals surface area (Å²) in [6.07, 6.45) is -4.60. The molecule has 3 rings (SSSR count). The summed E-state index contributed by atoms with van der Waals surface area (Å²) in [6.45, 7) is 0. The third kappa shape index (κ3) is 2.22. The Balaban J connectivity index is 2.39. The van der Waals surface area contributed by atoms with Crippen LogP contribution in [0.15, 0.2) is 48.5 Å². The molecule has 0 saturated heterocycles. The smallest absolute Gasteiger partial charge is 0.419 e. The fourth-order valence-corrected chi connectivity index (χ4v) is 2.53. The number of nitrogens with one attached hydrogen (secondary N) is 1. The zero-order valence-electron chi connectivity index (χ0n) is 11.1. The number of carbonyl (C=O) groups is 1. The van der Waals surface area contributed by atoms with Crippen LogP contribution in [-0.2, 0) is 6.18 Å². The van der Waals surface area contributed by atoms with Gasteiger partial charge >= 0.3 is 12.1 Å². The quantitative estimate of drug-likeness (QED) is 0.729. The predicted molar refractivity (Wildman–Crippen MR) is 75.7 cm³/mol. The lowest BCUT2D eigenvalue weighted by atomic mass is 10.00. The minimum absolute atomic E-state index is 0.0125. The van der Waals surface area contributed by atoms with Gasteiger partial charge in [-0.1, -0.05) is 36.4 Å². The fourth-order valence-electron chi connectivity index (χ4n) is 2.53. The first-order valence-electron chi connectivity index (χ1n) is 6.40. The number of H-pyrrole nitrogens is 1. The van der Waals surface area contributed by atoms with Gasteiger partial charge in [-0.25, -0.2) is 4.79 Å². The second-order valence-corrected chi connectivity index (χ2v) is 4.77. The summed E-state index contributed by atoms with van der Waals surface area (Å²) >= 11 is 0. The number of alkyl halides is 3. The van der Waals surface area contributed by atoms with E-state index in [0.29, 0.717) is 5.52 Å². The third-order valence-electron chi connectivity index (χ3n) is 3.42. The average molecular weight is 305 g/mol. The lowest BCUT2D eigenvalue weighted by Gasteiger charge is -2.10. The molecule has 0 amide bonds. The monoisotopic (exact) mass is 305 g/mol. The zero-order valence-corrected chi connectivity index (χ0v) is 11.1. The van der Waals surface area contributed by atoms with E-state index in [-0.39, 0.29) is 22.2 Å². The normalized spacial score (nSPS) is 11.8. The van der Waals surface area contributed by atoms with Gasteiger partial charge < -0.3 is 10.1 Å². The van der Waals surface area contributed by atoms with Crippen molar-refractivity contribution in [1.29, 1.82) is 0 Å². The molecule has 0 unspecified atom stereocenters. The number of carboxylic acids is 1. The number of aromatic nitrogens is 1. The van der Waals surface area contributed by atoms with E-state index in [1.807, 2.05) is 0 Å². The molecule has 3 aromatic rings. The van der Waals surface area contributed by atoms with Crippen molar-refractivity contribution in [3.63, 3.8) is 0 Å². The number of hydrogen-bond donors (Lipinski definition) is 2. The van der Waals surface area contributed by atoms with Crippen LogP contribution in [0, 0.1) is 0 Å². The van der Waals surface area contributed by atoms with Crippen LogP contribution < -0.4 is 0 Å². The van der Waals surface area contributed by atoms with E-state index in [2.05, 4.69) is 4.98 Å². The highest BCUT2D eigenvalue weighted by molar-refractivity contribution is 5.99. The second-order valence-electron chi connectivity index (χ2n) is 4.77. The number of hydrogen-bond acceptors (Lipinski definition) is 1. The lowest BCUT2D eigenvalue weighted by molar-refractivity contribution is -0.135. The maximum atomic E-state index is 13.5. The number of benzene rings is 2. The molecule has 0 radical (unpaired) electrons. The van der Waals surface area contributed by atoms with Crippen LogP contribution >= 0.6 is 0 Å². The molecule has 0 aliphatic carbocycles. The summed E-state index contributed by atoms with van der Waals surface area (Å²) in [5.74, 6) is -1.28. The first-order valence-corrected chi connectivity index (χ1v) is 6.40.